The van der Waals surface area contributed by atoms with Gasteiger partial charge < -0.3 is 15.1 Å². The van der Waals surface area contributed by atoms with Crippen molar-refractivity contribution in [3.05, 3.63) is 0 Å². The van der Waals surface area contributed by atoms with E-state index in [0.717, 1.165) is 26.2 Å². The summed E-state index contributed by atoms with van der Waals surface area (Å²) in [6, 6.07) is 0. The maximum Gasteiger partial charge on any atom is 0.227 e. The maximum atomic E-state index is 12.3. The molecule has 2 saturated heterocycles. The minimum atomic E-state index is 0.194. The third-order valence-electron chi connectivity index (χ3n) is 4.23. The fourth-order valence-electron chi connectivity index (χ4n) is 3.08. The van der Waals surface area contributed by atoms with E-state index in [0.29, 0.717) is 17.7 Å². The van der Waals surface area contributed by atoms with Crippen LogP contribution >= 0.6 is 0 Å². The Morgan fingerprint density at radius 2 is 2.24 bits per heavy atom. The molecule has 4 nitrogen and oxygen atoms in total. The van der Waals surface area contributed by atoms with Crippen molar-refractivity contribution in [2.45, 2.75) is 13.3 Å². The quantitative estimate of drug-likeness (QED) is 0.767. The molecule has 98 valence electrons. The fraction of sp³-hybridized carbons (Fsp3) is 0.923. The van der Waals surface area contributed by atoms with E-state index in [1.54, 1.807) is 0 Å². The second-order valence-corrected chi connectivity index (χ2v) is 5.88. The average molecular weight is 239 g/mol. The highest BCUT2D eigenvalue weighted by molar-refractivity contribution is 5.79. The Kier molecular flexibility index (Phi) is 4.05. The van der Waals surface area contributed by atoms with Crippen LogP contribution in [0.4, 0.5) is 0 Å². The molecular formula is C13H25N3O. The molecule has 0 saturated carbocycles. The molecule has 4 heteroatoms. The first kappa shape index (κ1) is 12.8. The summed E-state index contributed by atoms with van der Waals surface area (Å²) < 4.78 is 0. The predicted molar refractivity (Wildman–Crippen MR) is 68.8 cm³/mol. The Hall–Kier alpha value is -0.610. The van der Waals surface area contributed by atoms with Gasteiger partial charge in [-0.05, 0) is 38.4 Å². The smallest absolute Gasteiger partial charge is 0.227 e. The van der Waals surface area contributed by atoms with Gasteiger partial charge in [0.05, 0.1) is 5.92 Å². The molecule has 0 spiro atoms. The molecule has 0 aromatic carbocycles. The van der Waals surface area contributed by atoms with Crippen molar-refractivity contribution in [1.82, 2.24) is 15.1 Å². The van der Waals surface area contributed by atoms with E-state index in [9.17, 15) is 4.79 Å². The van der Waals surface area contributed by atoms with Gasteiger partial charge in [-0.2, -0.15) is 0 Å². The monoisotopic (exact) mass is 239 g/mol. The molecule has 0 radical (unpaired) electrons. The van der Waals surface area contributed by atoms with E-state index in [2.05, 4.69) is 24.2 Å². The normalized spacial score (nSPS) is 34.2. The van der Waals surface area contributed by atoms with Gasteiger partial charge in [0.25, 0.3) is 0 Å². The lowest BCUT2D eigenvalue weighted by Gasteiger charge is -2.25. The maximum absolute atomic E-state index is 12.3. The van der Waals surface area contributed by atoms with Crippen LogP contribution in [-0.4, -0.2) is 62.5 Å². The first-order valence-electron chi connectivity index (χ1n) is 6.72. The Balaban J connectivity index is 1.82. The van der Waals surface area contributed by atoms with Crippen LogP contribution in [0.5, 0.6) is 0 Å². The molecular weight excluding hydrogens is 214 g/mol. The van der Waals surface area contributed by atoms with Crippen LogP contribution in [0.25, 0.3) is 0 Å². The molecule has 3 atom stereocenters. The second-order valence-electron chi connectivity index (χ2n) is 5.88. The molecule has 2 fully saturated rings. The number of amides is 1. The summed E-state index contributed by atoms with van der Waals surface area (Å²) >= 11 is 0. The third-order valence-corrected chi connectivity index (χ3v) is 4.23. The van der Waals surface area contributed by atoms with Crippen molar-refractivity contribution >= 4 is 5.91 Å². The van der Waals surface area contributed by atoms with Gasteiger partial charge in [-0.3, -0.25) is 4.79 Å². The summed E-state index contributed by atoms with van der Waals surface area (Å²) in [4.78, 5) is 16.6. The number of hydrogen-bond donors (Lipinski definition) is 1. The van der Waals surface area contributed by atoms with Crippen molar-refractivity contribution in [3.63, 3.8) is 0 Å². The number of hydrogen-bond acceptors (Lipinski definition) is 3. The fourth-order valence-corrected chi connectivity index (χ4v) is 3.08. The SMILES string of the molecule is CC1CNCC1C(=O)N(C)CC1CCN(C)C1. The van der Waals surface area contributed by atoms with Crippen LogP contribution in [-0.2, 0) is 4.79 Å². The minimum Gasteiger partial charge on any atom is -0.345 e. The van der Waals surface area contributed by atoms with Crippen LogP contribution < -0.4 is 5.32 Å². The molecule has 2 heterocycles. The largest absolute Gasteiger partial charge is 0.345 e. The van der Waals surface area contributed by atoms with Crippen molar-refractivity contribution in [2.75, 3.05) is 46.8 Å². The number of nitrogens with zero attached hydrogens (tertiary/aromatic N) is 2. The predicted octanol–water partition coefficient (Wildman–Crippen LogP) is 0.252. The van der Waals surface area contributed by atoms with Crippen molar-refractivity contribution in [3.8, 4) is 0 Å². The average Bonchev–Trinajstić information content (AvgIpc) is 2.86. The summed E-state index contributed by atoms with van der Waals surface area (Å²) in [5.41, 5.74) is 0. The lowest BCUT2D eigenvalue weighted by molar-refractivity contribution is -0.135. The minimum absolute atomic E-state index is 0.194. The Morgan fingerprint density at radius 3 is 2.76 bits per heavy atom. The summed E-state index contributed by atoms with van der Waals surface area (Å²) in [5.74, 6) is 1.67. The second kappa shape index (κ2) is 5.36. The van der Waals surface area contributed by atoms with E-state index in [1.807, 2.05) is 11.9 Å². The number of nitrogens with one attached hydrogen (secondary N) is 1. The van der Waals surface area contributed by atoms with Gasteiger partial charge in [0, 0.05) is 26.7 Å². The zero-order valence-corrected chi connectivity index (χ0v) is 11.3. The number of carbonyl (C=O) groups is 1. The van der Waals surface area contributed by atoms with Gasteiger partial charge in [0.1, 0.15) is 0 Å². The summed E-state index contributed by atoms with van der Waals surface area (Å²) in [6.07, 6.45) is 1.23. The zero-order chi connectivity index (χ0) is 12.4. The van der Waals surface area contributed by atoms with Crippen LogP contribution in [0.15, 0.2) is 0 Å². The van der Waals surface area contributed by atoms with E-state index in [1.165, 1.54) is 13.0 Å². The lowest BCUT2D eigenvalue weighted by Crippen LogP contribution is -2.39. The summed E-state index contributed by atoms with van der Waals surface area (Å²) in [5, 5.41) is 3.30. The molecule has 1 amide bonds. The highest BCUT2D eigenvalue weighted by Crippen LogP contribution is 2.20. The molecule has 2 rings (SSSR count). The van der Waals surface area contributed by atoms with Crippen molar-refractivity contribution < 1.29 is 4.79 Å². The molecule has 1 N–H and O–H groups in total. The molecule has 0 aliphatic carbocycles. The number of carbonyl (C=O) groups excluding carboxylic acids is 1. The van der Waals surface area contributed by atoms with Gasteiger partial charge in [0.15, 0.2) is 0 Å². The summed E-state index contributed by atoms with van der Waals surface area (Å²) in [7, 11) is 4.12. The van der Waals surface area contributed by atoms with Crippen LogP contribution in [0, 0.1) is 17.8 Å². The molecule has 0 aromatic rings. The Bertz CT molecular complexity index is 282. The first-order chi connectivity index (χ1) is 8.08. The van der Waals surface area contributed by atoms with Gasteiger partial charge in [-0.25, -0.2) is 0 Å². The molecule has 3 unspecified atom stereocenters. The molecule has 2 aliphatic heterocycles. The van der Waals surface area contributed by atoms with Crippen LogP contribution in [0.2, 0.25) is 0 Å². The standard InChI is InChI=1S/C13H25N3O/c1-10-6-14-7-12(10)13(17)16(3)9-11-4-5-15(2)8-11/h10-12,14H,4-9H2,1-3H3. The molecule has 0 bridgehead atoms. The molecule has 2 aliphatic rings. The topological polar surface area (TPSA) is 35.6 Å². The summed E-state index contributed by atoms with van der Waals surface area (Å²) in [6.45, 7) is 7.24. The Morgan fingerprint density at radius 1 is 1.47 bits per heavy atom. The van der Waals surface area contributed by atoms with Gasteiger partial charge in [-0.15, -0.1) is 0 Å². The van der Waals surface area contributed by atoms with Crippen molar-refractivity contribution in [2.24, 2.45) is 17.8 Å². The zero-order valence-electron chi connectivity index (χ0n) is 11.3. The number of likely N-dealkylation sites (tertiary alicyclic amines) is 1. The van der Waals surface area contributed by atoms with Gasteiger partial charge in [0.2, 0.25) is 5.91 Å². The van der Waals surface area contributed by atoms with Gasteiger partial charge in [-0.1, -0.05) is 6.92 Å². The highest BCUT2D eigenvalue weighted by atomic mass is 16.2. The van der Waals surface area contributed by atoms with Crippen LogP contribution in [0.1, 0.15) is 13.3 Å². The lowest BCUT2D eigenvalue weighted by atomic mass is 9.96. The van der Waals surface area contributed by atoms with Gasteiger partial charge >= 0.3 is 0 Å². The first-order valence-corrected chi connectivity index (χ1v) is 6.72. The Labute approximate surface area is 104 Å². The highest BCUT2D eigenvalue weighted by Gasteiger charge is 2.32. The van der Waals surface area contributed by atoms with E-state index in [4.69, 9.17) is 0 Å². The molecule has 0 aromatic heterocycles. The van der Waals surface area contributed by atoms with E-state index >= 15 is 0 Å². The number of rotatable bonds is 3. The molecule has 17 heavy (non-hydrogen) atoms. The third kappa shape index (κ3) is 2.99. The van der Waals surface area contributed by atoms with Crippen molar-refractivity contribution in [1.29, 1.82) is 0 Å². The van der Waals surface area contributed by atoms with E-state index in [-0.39, 0.29) is 5.92 Å². The van der Waals surface area contributed by atoms with Crippen LogP contribution in [0.3, 0.4) is 0 Å². The van der Waals surface area contributed by atoms with E-state index < -0.39 is 0 Å².